The molecule has 1 heterocycles. The lowest BCUT2D eigenvalue weighted by molar-refractivity contribution is -0.139. The fourth-order valence-corrected chi connectivity index (χ4v) is 2.61. The summed E-state index contributed by atoms with van der Waals surface area (Å²) >= 11 is 0.961. The molecule has 2 rings (SSSR count). The number of carbonyl (C=O) groups is 1. The normalized spacial score (nSPS) is 18.3. The number of anilines is 1. The van der Waals surface area contributed by atoms with Crippen LogP contribution >= 0.6 is 11.8 Å². The minimum absolute atomic E-state index is 0.0520. The van der Waals surface area contributed by atoms with Gasteiger partial charge >= 0.3 is 12.1 Å². The molecule has 3 nitrogen and oxygen atoms in total. The topological polar surface area (TPSA) is 49.3 Å². The Balaban J connectivity index is 2.55. The number of aliphatic carboxylic acids is 1. The van der Waals surface area contributed by atoms with Crippen LogP contribution in [0, 0.1) is 0 Å². The molecule has 0 saturated carbocycles. The van der Waals surface area contributed by atoms with Crippen molar-refractivity contribution in [2.75, 3.05) is 18.1 Å². The fraction of sp³-hybridized carbons (Fsp3) is 0.364. The molecule has 1 unspecified atom stereocenters. The van der Waals surface area contributed by atoms with Gasteiger partial charge in [-0.2, -0.15) is 13.2 Å². The molecule has 7 heteroatoms. The van der Waals surface area contributed by atoms with E-state index in [0.29, 0.717) is 5.56 Å². The number of carboxylic acid groups (broad SMARTS) is 1. The number of fused-ring (bicyclic) bond motifs is 1. The zero-order chi connectivity index (χ0) is 13.5. The Morgan fingerprint density at radius 3 is 2.67 bits per heavy atom. The molecule has 0 saturated heterocycles. The Labute approximate surface area is 105 Å². The van der Waals surface area contributed by atoms with Crippen LogP contribution in [0.4, 0.5) is 18.9 Å². The third kappa shape index (κ3) is 2.14. The summed E-state index contributed by atoms with van der Waals surface area (Å²) in [5.41, 5.74) is -0.0559. The molecule has 2 N–H and O–H groups in total. The maximum atomic E-state index is 12.8. The van der Waals surface area contributed by atoms with Crippen molar-refractivity contribution < 1.29 is 23.1 Å². The van der Waals surface area contributed by atoms with Gasteiger partial charge in [-0.05, 0) is 24.0 Å². The number of alkyl halides is 3. The Bertz CT molecular complexity index is 502. The van der Waals surface area contributed by atoms with Crippen molar-refractivity contribution in [3.05, 3.63) is 23.3 Å². The molecule has 0 bridgehead atoms. The second-order valence-corrected chi connectivity index (χ2v) is 4.76. The lowest BCUT2D eigenvalue weighted by Gasteiger charge is -2.14. The van der Waals surface area contributed by atoms with Crippen LogP contribution in [0.5, 0.6) is 0 Å². The maximum absolute atomic E-state index is 12.8. The van der Waals surface area contributed by atoms with Crippen molar-refractivity contribution in [1.82, 2.24) is 0 Å². The largest absolute Gasteiger partial charge is 0.481 e. The van der Waals surface area contributed by atoms with E-state index in [0.717, 1.165) is 17.8 Å². The highest BCUT2D eigenvalue weighted by atomic mass is 32.2. The summed E-state index contributed by atoms with van der Waals surface area (Å²) in [6.07, 6.45) is -2.90. The van der Waals surface area contributed by atoms with E-state index in [1.807, 2.05) is 0 Å². The molecule has 0 aliphatic carbocycles. The molecule has 1 aliphatic heterocycles. The van der Waals surface area contributed by atoms with Gasteiger partial charge in [0.05, 0.1) is 5.56 Å². The van der Waals surface area contributed by atoms with E-state index in [1.165, 1.54) is 12.3 Å². The van der Waals surface area contributed by atoms with E-state index in [4.69, 9.17) is 5.11 Å². The number of carboxylic acids is 1. The second-order valence-electron chi connectivity index (χ2n) is 3.91. The summed E-state index contributed by atoms with van der Waals surface area (Å²) in [7, 11) is 0. The number of nitrogens with one attached hydrogen (secondary N) is 1. The van der Waals surface area contributed by atoms with E-state index in [1.54, 1.807) is 0 Å². The van der Waals surface area contributed by atoms with Crippen molar-refractivity contribution in [3.8, 4) is 0 Å². The third-order valence-electron chi connectivity index (χ3n) is 2.85. The van der Waals surface area contributed by atoms with E-state index >= 15 is 0 Å². The Morgan fingerprint density at radius 1 is 1.50 bits per heavy atom. The highest BCUT2D eigenvalue weighted by Crippen LogP contribution is 2.42. The Kier molecular flexibility index (Phi) is 3.18. The summed E-state index contributed by atoms with van der Waals surface area (Å²) in [5.74, 6) is -1.82. The van der Waals surface area contributed by atoms with Gasteiger partial charge in [-0.3, -0.25) is 4.79 Å². The van der Waals surface area contributed by atoms with E-state index < -0.39 is 23.6 Å². The first-order valence-electron chi connectivity index (χ1n) is 5.10. The van der Waals surface area contributed by atoms with E-state index in [9.17, 15) is 18.0 Å². The van der Waals surface area contributed by atoms with Crippen molar-refractivity contribution >= 4 is 23.4 Å². The molecule has 1 aliphatic rings. The number of halogens is 3. The highest BCUT2D eigenvalue weighted by Gasteiger charge is 2.37. The van der Waals surface area contributed by atoms with Crippen molar-refractivity contribution in [2.24, 2.45) is 0 Å². The predicted octanol–water partition coefficient (Wildman–Crippen LogP) is 3.02. The van der Waals surface area contributed by atoms with E-state index in [-0.39, 0.29) is 17.1 Å². The molecule has 0 amide bonds. The number of hydrogen-bond acceptors (Lipinski definition) is 3. The van der Waals surface area contributed by atoms with Crippen LogP contribution in [0.1, 0.15) is 17.0 Å². The standard InChI is InChI=1S/C11H10F3NO2S/c1-18-9-2-5-6(10(16)17)4-15-8(5)3-7(9)11(12,13)14/h2-3,6,15H,4H2,1H3,(H,16,17). The highest BCUT2D eigenvalue weighted by molar-refractivity contribution is 7.98. The lowest BCUT2D eigenvalue weighted by atomic mass is 10.00. The number of benzene rings is 1. The predicted molar refractivity (Wildman–Crippen MR) is 62.1 cm³/mol. The van der Waals surface area contributed by atoms with Gasteiger partial charge in [0.15, 0.2) is 0 Å². The quantitative estimate of drug-likeness (QED) is 0.816. The molecule has 0 radical (unpaired) electrons. The average Bonchev–Trinajstić information content (AvgIpc) is 2.68. The van der Waals surface area contributed by atoms with Crippen LogP contribution in [-0.2, 0) is 11.0 Å². The molecule has 1 aromatic rings. The Morgan fingerprint density at radius 2 is 2.17 bits per heavy atom. The van der Waals surface area contributed by atoms with Gasteiger partial charge < -0.3 is 10.4 Å². The Hall–Kier alpha value is -1.37. The van der Waals surface area contributed by atoms with Crippen molar-refractivity contribution in [2.45, 2.75) is 17.0 Å². The summed E-state index contributed by atoms with van der Waals surface area (Å²) in [6, 6.07) is 2.31. The van der Waals surface area contributed by atoms with Gasteiger partial charge in [0.1, 0.15) is 5.92 Å². The van der Waals surface area contributed by atoms with Gasteiger partial charge in [0.25, 0.3) is 0 Å². The maximum Gasteiger partial charge on any atom is 0.417 e. The summed E-state index contributed by atoms with van der Waals surface area (Å²) < 4.78 is 38.4. The molecule has 1 atom stereocenters. The van der Waals surface area contributed by atoms with Gasteiger partial charge in [0.2, 0.25) is 0 Å². The number of thioether (sulfide) groups is 1. The first-order chi connectivity index (χ1) is 8.34. The molecular weight excluding hydrogens is 267 g/mol. The molecule has 18 heavy (non-hydrogen) atoms. The van der Waals surface area contributed by atoms with Crippen LogP contribution in [0.15, 0.2) is 17.0 Å². The zero-order valence-corrected chi connectivity index (χ0v) is 10.2. The molecule has 0 aromatic heterocycles. The van der Waals surface area contributed by atoms with Gasteiger partial charge in [-0.15, -0.1) is 11.8 Å². The molecule has 1 aromatic carbocycles. The van der Waals surface area contributed by atoms with Gasteiger partial charge in [-0.25, -0.2) is 0 Å². The van der Waals surface area contributed by atoms with Crippen molar-refractivity contribution in [3.63, 3.8) is 0 Å². The summed E-state index contributed by atoms with van der Waals surface area (Å²) in [5, 5.41) is 11.7. The SMILES string of the molecule is CSc1cc2c(cc1C(F)(F)F)NCC2C(=O)O. The van der Waals surface area contributed by atoms with Crippen LogP contribution in [0.2, 0.25) is 0 Å². The smallest absolute Gasteiger partial charge is 0.417 e. The third-order valence-corrected chi connectivity index (χ3v) is 3.62. The van der Waals surface area contributed by atoms with E-state index in [2.05, 4.69) is 5.32 Å². The fourth-order valence-electron chi connectivity index (χ4n) is 1.97. The first kappa shape index (κ1) is 13.1. The minimum Gasteiger partial charge on any atom is -0.481 e. The number of rotatable bonds is 2. The van der Waals surface area contributed by atoms with Gasteiger partial charge in [-0.1, -0.05) is 0 Å². The number of hydrogen-bond donors (Lipinski definition) is 2. The monoisotopic (exact) mass is 277 g/mol. The zero-order valence-electron chi connectivity index (χ0n) is 9.34. The second kappa shape index (κ2) is 4.38. The minimum atomic E-state index is -4.43. The molecular formula is C11H10F3NO2S. The summed E-state index contributed by atoms with van der Waals surface area (Å²) in [4.78, 5) is 11.0. The van der Waals surface area contributed by atoms with Gasteiger partial charge in [0, 0.05) is 17.1 Å². The van der Waals surface area contributed by atoms with Crippen LogP contribution in [-0.4, -0.2) is 23.9 Å². The molecule has 0 spiro atoms. The van der Waals surface area contributed by atoms with Crippen LogP contribution < -0.4 is 5.32 Å². The molecule has 0 fully saturated rings. The van der Waals surface area contributed by atoms with Crippen molar-refractivity contribution in [1.29, 1.82) is 0 Å². The average molecular weight is 277 g/mol. The molecule has 98 valence electrons. The van der Waals surface area contributed by atoms with Crippen LogP contribution in [0.25, 0.3) is 0 Å². The van der Waals surface area contributed by atoms with Crippen LogP contribution in [0.3, 0.4) is 0 Å². The summed E-state index contributed by atoms with van der Waals surface area (Å²) in [6.45, 7) is 0.125. The first-order valence-corrected chi connectivity index (χ1v) is 6.33. The lowest BCUT2D eigenvalue weighted by Crippen LogP contribution is -2.13.